The number of nitriles is 1. The molecule has 0 aliphatic heterocycles. The summed E-state index contributed by atoms with van der Waals surface area (Å²) in [6.07, 6.45) is 1.51. The summed E-state index contributed by atoms with van der Waals surface area (Å²) in [5.41, 5.74) is 3.66. The number of aromatic amines is 1. The van der Waals surface area contributed by atoms with Crippen LogP contribution in [0, 0.1) is 21.8 Å². The van der Waals surface area contributed by atoms with Crippen molar-refractivity contribution < 1.29 is 0 Å². The molecule has 132 valence electrons. The number of benzene rings is 2. The third-order valence-corrected chi connectivity index (χ3v) is 5.35. The van der Waals surface area contributed by atoms with E-state index in [9.17, 15) is 10.1 Å². The number of aromatic nitrogens is 3. The first-order chi connectivity index (χ1) is 13.0. The summed E-state index contributed by atoms with van der Waals surface area (Å²) >= 11 is 8.57. The molecule has 0 saturated heterocycles. The van der Waals surface area contributed by atoms with Gasteiger partial charge in [-0.1, -0.05) is 35.9 Å². The van der Waals surface area contributed by atoms with Crippen molar-refractivity contribution >= 4 is 39.8 Å². The van der Waals surface area contributed by atoms with Crippen LogP contribution in [-0.2, 0) is 0 Å². The highest BCUT2D eigenvalue weighted by Gasteiger charge is 2.19. The van der Waals surface area contributed by atoms with Crippen LogP contribution < -0.4 is 5.56 Å². The lowest BCUT2D eigenvalue weighted by atomic mass is 10.1. The quantitative estimate of drug-likeness (QED) is 0.414. The van der Waals surface area contributed by atoms with E-state index in [4.69, 9.17) is 11.6 Å². The monoisotopic (exact) mass is 486 g/mol. The maximum absolute atomic E-state index is 13.0. The number of aryl methyl sites for hydroxylation is 1. The van der Waals surface area contributed by atoms with Crippen LogP contribution in [0.15, 0.2) is 53.5 Å². The van der Waals surface area contributed by atoms with Crippen LogP contribution in [0.25, 0.3) is 28.0 Å². The molecule has 27 heavy (non-hydrogen) atoms. The number of rotatable bonds is 2. The Hall–Kier alpha value is -2.63. The van der Waals surface area contributed by atoms with E-state index in [1.54, 1.807) is 0 Å². The zero-order valence-electron chi connectivity index (χ0n) is 14.1. The number of H-pyrrole nitrogens is 1. The molecule has 4 aromatic rings. The normalized spacial score (nSPS) is 10.9. The summed E-state index contributed by atoms with van der Waals surface area (Å²) in [5, 5.41) is 13.2. The fourth-order valence-electron chi connectivity index (χ4n) is 2.97. The molecule has 7 heteroatoms. The Morgan fingerprint density at radius 3 is 2.59 bits per heavy atom. The lowest BCUT2D eigenvalue weighted by Gasteiger charge is -2.03. The van der Waals surface area contributed by atoms with E-state index in [1.807, 2.05) is 49.4 Å². The molecule has 0 fully saturated rings. The van der Waals surface area contributed by atoms with Gasteiger partial charge in [0.25, 0.3) is 5.56 Å². The van der Waals surface area contributed by atoms with E-state index in [1.165, 1.54) is 10.7 Å². The van der Waals surface area contributed by atoms with Crippen LogP contribution in [0.4, 0.5) is 0 Å². The smallest absolute Gasteiger partial charge is 0.280 e. The van der Waals surface area contributed by atoms with Gasteiger partial charge >= 0.3 is 0 Å². The molecule has 0 atom stereocenters. The van der Waals surface area contributed by atoms with Gasteiger partial charge in [-0.15, -0.1) is 0 Å². The lowest BCUT2D eigenvalue weighted by Crippen LogP contribution is -2.17. The van der Waals surface area contributed by atoms with Crippen molar-refractivity contribution in [2.24, 2.45) is 0 Å². The van der Waals surface area contributed by atoms with Crippen molar-refractivity contribution in [3.63, 3.8) is 0 Å². The van der Waals surface area contributed by atoms with Crippen molar-refractivity contribution in [3.8, 4) is 28.5 Å². The summed E-state index contributed by atoms with van der Waals surface area (Å²) in [6, 6.07) is 15.3. The van der Waals surface area contributed by atoms with Gasteiger partial charge in [0.1, 0.15) is 11.6 Å². The molecule has 0 aliphatic carbocycles. The predicted octanol–water partition coefficient (Wildman–Crippen LogP) is 4.79. The largest absolute Gasteiger partial charge is 0.287 e. The summed E-state index contributed by atoms with van der Waals surface area (Å²) in [4.78, 5) is 17.4. The minimum atomic E-state index is -0.271. The number of nitrogens with one attached hydrogen (secondary N) is 1. The summed E-state index contributed by atoms with van der Waals surface area (Å²) in [6.45, 7) is 1.94. The van der Waals surface area contributed by atoms with Gasteiger partial charge in [0, 0.05) is 15.3 Å². The molecular formula is C20H12ClIN4O. The van der Waals surface area contributed by atoms with Crippen LogP contribution in [0.1, 0.15) is 11.1 Å². The van der Waals surface area contributed by atoms with E-state index < -0.39 is 0 Å². The fourth-order valence-corrected chi connectivity index (χ4v) is 3.66. The van der Waals surface area contributed by atoms with Gasteiger partial charge in [-0.25, -0.2) is 4.98 Å². The van der Waals surface area contributed by atoms with Gasteiger partial charge in [0.05, 0.1) is 16.3 Å². The van der Waals surface area contributed by atoms with Gasteiger partial charge < -0.3 is 0 Å². The average molecular weight is 487 g/mol. The molecule has 2 aromatic carbocycles. The van der Waals surface area contributed by atoms with Crippen LogP contribution in [0.3, 0.4) is 0 Å². The first-order valence-corrected chi connectivity index (χ1v) is 9.51. The maximum Gasteiger partial charge on any atom is 0.280 e. The molecule has 0 saturated carbocycles. The van der Waals surface area contributed by atoms with E-state index in [2.05, 4.69) is 38.7 Å². The number of halogens is 2. The highest BCUT2D eigenvalue weighted by molar-refractivity contribution is 14.1. The first kappa shape index (κ1) is 17.8. The molecule has 0 bridgehead atoms. The van der Waals surface area contributed by atoms with Gasteiger partial charge in [0.2, 0.25) is 0 Å². The molecule has 0 spiro atoms. The van der Waals surface area contributed by atoms with E-state index in [0.29, 0.717) is 21.8 Å². The fraction of sp³-hybridized carbons (Fsp3) is 0.0500. The van der Waals surface area contributed by atoms with Crippen LogP contribution in [-0.4, -0.2) is 14.6 Å². The predicted molar refractivity (Wildman–Crippen MR) is 114 cm³/mol. The van der Waals surface area contributed by atoms with Crippen molar-refractivity contribution in [3.05, 3.63) is 78.7 Å². The van der Waals surface area contributed by atoms with E-state index >= 15 is 0 Å². The number of nitrogens with zero attached hydrogens (tertiary/aromatic N) is 3. The third kappa shape index (κ3) is 3.03. The van der Waals surface area contributed by atoms with Gasteiger partial charge in [-0.05, 0) is 58.8 Å². The Labute approximate surface area is 173 Å². The Morgan fingerprint density at radius 2 is 1.93 bits per heavy atom. The van der Waals surface area contributed by atoms with Gasteiger partial charge in [0.15, 0.2) is 5.65 Å². The molecule has 2 heterocycles. The van der Waals surface area contributed by atoms with Crippen LogP contribution in [0.2, 0.25) is 5.02 Å². The Morgan fingerprint density at radius 1 is 1.19 bits per heavy atom. The van der Waals surface area contributed by atoms with Crippen molar-refractivity contribution in [2.45, 2.75) is 6.92 Å². The summed E-state index contributed by atoms with van der Waals surface area (Å²) < 4.78 is 2.38. The van der Waals surface area contributed by atoms with E-state index in [0.717, 1.165) is 14.7 Å². The highest BCUT2D eigenvalue weighted by atomic mass is 127. The molecule has 2 aromatic heterocycles. The molecule has 0 radical (unpaired) electrons. The third-order valence-electron chi connectivity index (χ3n) is 4.32. The Bertz CT molecular complexity index is 1280. The van der Waals surface area contributed by atoms with Gasteiger partial charge in [-0.3, -0.25) is 9.89 Å². The maximum atomic E-state index is 13.0. The van der Waals surface area contributed by atoms with Crippen molar-refractivity contribution in [1.82, 2.24) is 14.6 Å². The lowest BCUT2D eigenvalue weighted by molar-refractivity contribution is 0.905. The van der Waals surface area contributed by atoms with E-state index in [-0.39, 0.29) is 16.8 Å². The summed E-state index contributed by atoms with van der Waals surface area (Å²) in [7, 11) is 0. The standard InChI is InChI=1S/C20H12ClIN4O/c1-11-2-7-14(17(21)8-11)18-15(9-23)19-24-10-16(20(27)26(19)25-18)12-3-5-13(22)6-4-12/h2-8,10,25H,1H3. The number of hydrogen-bond donors (Lipinski definition) is 1. The Balaban J connectivity index is 1.98. The molecular weight excluding hydrogens is 475 g/mol. The number of hydrogen-bond acceptors (Lipinski definition) is 3. The van der Waals surface area contributed by atoms with Crippen molar-refractivity contribution in [2.75, 3.05) is 0 Å². The summed E-state index contributed by atoms with van der Waals surface area (Å²) in [5.74, 6) is 0. The second-order valence-corrected chi connectivity index (χ2v) is 7.75. The SMILES string of the molecule is Cc1ccc(-c2[nH]n3c(=O)c(-c4ccc(I)cc4)cnc3c2C#N)c(Cl)c1. The number of fused-ring (bicyclic) bond motifs is 1. The molecule has 0 unspecified atom stereocenters. The highest BCUT2D eigenvalue weighted by Crippen LogP contribution is 2.31. The average Bonchev–Trinajstić information content (AvgIpc) is 3.02. The molecule has 1 N–H and O–H groups in total. The topological polar surface area (TPSA) is 73.9 Å². The second-order valence-electron chi connectivity index (χ2n) is 6.10. The minimum absolute atomic E-state index is 0.271. The van der Waals surface area contributed by atoms with Gasteiger partial charge in [-0.2, -0.15) is 9.78 Å². The molecule has 0 amide bonds. The second kappa shape index (κ2) is 6.83. The zero-order valence-corrected chi connectivity index (χ0v) is 17.0. The Kier molecular flexibility index (Phi) is 4.50. The van der Waals surface area contributed by atoms with Crippen LogP contribution >= 0.6 is 34.2 Å². The zero-order chi connectivity index (χ0) is 19.1. The minimum Gasteiger partial charge on any atom is -0.287 e. The van der Waals surface area contributed by atoms with Crippen molar-refractivity contribution in [1.29, 1.82) is 5.26 Å². The molecule has 5 nitrogen and oxygen atoms in total. The molecule has 4 rings (SSSR count). The van der Waals surface area contributed by atoms with Crippen LogP contribution in [0.5, 0.6) is 0 Å². The first-order valence-electron chi connectivity index (χ1n) is 8.06. The molecule has 0 aliphatic rings.